The molecule has 6 nitrogen and oxygen atoms in total. The number of primary amides is 1. The molecule has 1 aliphatic carbocycles. The van der Waals surface area contributed by atoms with Crippen LogP contribution in [-0.4, -0.2) is 40.0 Å². The normalized spacial score (nSPS) is 19.6. The zero-order valence-electron chi connectivity index (χ0n) is 14.7. The minimum atomic E-state index is -0.290. The Hall–Kier alpha value is -1.73. The lowest BCUT2D eigenvalue weighted by Crippen LogP contribution is -2.42. The molecule has 3 heterocycles. The number of aryl methyl sites for hydroxylation is 2. The summed E-state index contributed by atoms with van der Waals surface area (Å²) in [5.74, 6) is 1.12. The van der Waals surface area contributed by atoms with Gasteiger partial charge in [0, 0.05) is 29.9 Å². The molecule has 2 aromatic rings. The molecule has 0 radical (unpaired) electrons. The molecular formula is C18H24N4O2S. The quantitative estimate of drug-likeness (QED) is 0.905. The molecule has 0 atom stereocenters. The Morgan fingerprint density at radius 2 is 1.92 bits per heavy atom. The molecule has 0 bridgehead atoms. The van der Waals surface area contributed by atoms with E-state index in [0.717, 1.165) is 60.4 Å². The van der Waals surface area contributed by atoms with E-state index in [9.17, 15) is 9.59 Å². The van der Waals surface area contributed by atoms with Crippen LogP contribution in [-0.2, 0) is 4.79 Å². The molecule has 1 amide bonds. The standard InChI is InChI=1S/C18H24N4O2S/c1-10-11(2)25-17-15(10)18(24)22(16(20-17)12-3-4-12)13-5-7-21(8-6-13)9-14(19)23/h12-13H,3-9H2,1-2H3,(H2,19,23). The molecule has 2 fully saturated rings. The number of piperidine rings is 1. The average molecular weight is 360 g/mol. The van der Waals surface area contributed by atoms with Gasteiger partial charge in [0.25, 0.3) is 5.56 Å². The topological polar surface area (TPSA) is 81.2 Å². The minimum Gasteiger partial charge on any atom is -0.369 e. The summed E-state index contributed by atoms with van der Waals surface area (Å²) >= 11 is 1.63. The van der Waals surface area contributed by atoms with E-state index in [2.05, 4.69) is 11.8 Å². The second-order valence-electron chi connectivity index (χ2n) is 7.36. The lowest BCUT2D eigenvalue weighted by atomic mass is 10.0. The van der Waals surface area contributed by atoms with E-state index < -0.39 is 0 Å². The van der Waals surface area contributed by atoms with Crippen LogP contribution in [0.1, 0.15) is 53.9 Å². The number of carbonyl (C=O) groups is 1. The van der Waals surface area contributed by atoms with Crippen molar-refractivity contribution in [2.75, 3.05) is 19.6 Å². The van der Waals surface area contributed by atoms with E-state index in [4.69, 9.17) is 10.7 Å². The van der Waals surface area contributed by atoms with Crippen molar-refractivity contribution >= 4 is 27.5 Å². The number of aromatic nitrogens is 2. The minimum absolute atomic E-state index is 0.127. The first-order valence-electron chi connectivity index (χ1n) is 8.98. The van der Waals surface area contributed by atoms with Gasteiger partial charge >= 0.3 is 0 Å². The molecular weight excluding hydrogens is 336 g/mol. The molecule has 4 rings (SSSR count). The number of carbonyl (C=O) groups excluding carboxylic acids is 1. The molecule has 134 valence electrons. The van der Waals surface area contributed by atoms with E-state index in [1.807, 2.05) is 11.5 Å². The molecule has 25 heavy (non-hydrogen) atoms. The highest BCUT2D eigenvalue weighted by Crippen LogP contribution is 2.41. The van der Waals surface area contributed by atoms with Crippen LogP contribution < -0.4 is 11.3 Å². The fourth-order valence-corrected chi connectivity index (χ4v) is 4.89. The fourth-order valence-electron chi connectivity index (χ4n) is 3.86. The first-order chi connectivity index (χ1) is 12.0. The van der Waals surface area contributed by atoms with Crippen molar-refractivity contribution in [3.63, 3.8) is 0 Å². The number of fused-ring (bicyclic) bond motifs is 1. The number of thiophene rings is 1. The van der Waals surface area contributed by atoms with Crippen molar-refractivity contribution in [3.8, 4) is 0 Å². The van der Waals surface area contributed by atoms with Gasteiger partial charge in [-0.2, -0.15) is 0 Å². The van der Waals surface area contributed by atoms with Crippen molar-refractivity contribution in [1.82, 2.24) is 14.5 Å². The number of amides is 1. The van der Waals surface area contributed by atoms with Crippen LogP contribution in [0.25, 0.3) is 10.2 Å². The van der Waals surface area contributed by atoms with Crippen LogP contribution in [0.3, 0.4) is 0 Å². The third-order valence-corrected chi connectivity index (χ3v) is 6.61. The van der Waals surface area contributed by atoms with E-state index in [0.29, 0.717) is 12.5 Å². The monoisotopic (exact) mass is 360 g/mol. The predicted molar refractivity (Wildman–Crippen MR) is 99.2 cm³/mol. The second kappa shape index (κ2) is 6.21. The number of nitrogens with two attached hydrogens (primary N) is 1. The maximum absolute atomic E-state index is 13.3. The van der Waals surface area contributed by atoms with Crippen molar-refractivity contribution in [1.29, 1.82) is 0 Å². The summed E-state index contributed by atoms with van der Waals surface area (Å²) in [6, 6.07) is 0.170. The van der Waals surface area contributed by atoms with Crippen LogP contribution in [0.15, 0.2) is 4.79 Å². The largest absolute Gasteiger partial charge is 0.369 e. The van der Waals surface area contributed by atoms with Gasteiger partial charge in [-0.05, 0) is 45.1 Å². The Bertz CT molecular complexity index is 889. The molecule has 0 spiro atoms. The number of rotatable bonds is 4. The molecule has 2 aromatic heterocycles. The Morgan fingerprint density at radius 1 is 1.24 bits per heavy atom. The molecule has 1 aliphatic heterocycles. The summed E-state index contributed by atoms with van der Waals surface area (Å²) in [4.78, 5) is 33.5. The first kappa shape index (κ1) is 16.7. The molecule has 1 saturated carbocycles. The van der Waals surface area contributed by atoms with Crippen LogP contribution in [0.4, 0.5) is 0 Å². The maximum atomic E-state index is 13.3. The van der Waals surface area contributed by atoms with Gasteiger partial charge in [-0.3, -0.25) is 19.1 Å². The highest BCUT2D eigenvalue weighted by Gasteiger charge is 2.33. The SMILES string of the molecule is Cc1sc2nc(C3CC3)n(C3CCN(CC(N)=O)CC3)c(=O)c2c1C. The van der Waals surface area contributed by atoms with E-state index in [1.165, 1.54) is 4.88 Å². The Kier molecular flexibility index (Phi) is 4.16. The molecule has 7 heteroatoms. The highest BCUT2D eigenvalue weighted by atomic mass is 32.1. The number of hydrogen-bond acceptors (Lipinski definition) is 5. The molecule has 2 N–H and O–H groups in total. The summed E-state index contributed by atoms with van der Waals surface area (Å²) in [5, 5.41) is 0.798. The third kappa shape index (κ3) is 3.00. The second-order valence-corrected chi connectivity index (χ2v) is 8.56. The summed E-state index contributed by atoms with van der Waals surface area (Å²) in [6.45, 7) is 5.98. The van der Waals surface area contributed by atoms with Crippen molar-refractivity contribution in [2.24, 2.45) is 5.73 Å². The van der Waals surface area contributed by atoms with Gasteiger partial charge < -0.3 is 5.73 Å². The zero-order valence-corrected chi connectivity index (χ0v) is 15.6. The summed E-state index contributed by atoms with van der Waals surface area (Å²) in [7, 11) is 0. The van der Waals surface area contributed by atoms with Crippen molar-refractivity contribution in [2.45, 2.75) is 51.5 Å². The number of likely N-dealkylation sites (tertiary alicyclic amines) is 1. The van der Waals surface area contributed by atoms with Crippen LogP contribution in [0.2, 0.25) is 0 Å². The van der Waals surface area contributed by atoms with Gasteiger partial charge in [-0.1, -0.05) is 0 Å². The van der Waals surface area contributed by atoms with Crippen LogP contribution >= 0.6 is 11.3 Å². The summed E-state index contributed by atoms with van der Waals surface area (Å²) in [6.07, 6.45) is 3.98. The maximum Gasteiger partial charge on any atom is 0.262 e. The predicted octanol–water partition coefficient (Wildman–Crippen LogP) is 2.07. The van der Waals surface area contributed by atoms with Crippen LogP contribution in [0.5, 0.6) is 0 Å². The smallest absolute Gasteiger partial charge is 0.262 e. The summed E-state index contributed by atoms with van der Waals surface area (Å²) in [5.41, 5.74) is 6.50. The Balaban J connectivity index is 1.72. The number of hydrogen-bond donors (Lipinski definition) is 1. The van der Waals surface area contributed by atoms with Gasteiger partial charge in [0.05, 0.1) is 11.9 Å². The molecule has 0 aromatic carbocycles. The molecule has 0 unspecified atom stereocenters. The Morgan fingerprint density at radius 3 is 2.52 bits per heavy atom. The average Bonchev–Trinajstić information content (AvgIpc) is 3.35. The Labute approximate surface area is 150 Å². The lowest BCUT2D eigenvalue weighted by molar-refractivity contribution is -0.119. The van der Waals surface area contributed by atoms with Gasteiger partial charge in [0.15, 0.2) is 0 Å². The zero-order chi connectivity index (χ0) is 17.7. The van der Waals surface area contributed by atoms with Gasteiger partial charge in [0.2, 0.25) is 5.91 Å². The van der Waals surface area contributed by atoms with E-state index in [1.54, 1.807) is 11.3 Å². The van der Waals surface area contributed by atoms with Crippen molar-refractivity contribution < 1.29 is 4.79 Å². The molecule has 1 saturated heterocycles. The van der Waals surface area contributed by atoms with E-state index >= 15 is 0 Å². The molecule has 2 aliphatic rings. The number of nitrogens with zero attached hydrogens (tertiary/aromatic N) is 3. The van der Waals surface area contributed by atoms with Gasteiger partial charge in [-0.15, -0.1) is 11.3 Å². The highest BCUT2D eigenvalue weighted by molar-refractivity contribution is 7.18. The fraction of sp³-hybridized carbons (Fsp3) is 0.611. The summed E-state index contributed by atoms with van der Waals surface area (Å²) < 4.78 is 1.99. The van der Waals surface area contributed by atoms with Gasteiger partial charge in [0.1, 0.15) is 10.7 Å². The van der Waals surface area contributed by atoms with E-state index in [-0.39, 0.29) is 17.5 Å². The van der Waals surface area contributed by atoms with Crippen LogP contribution in [0, 0.1) is 13.8 Å². The third-order valence-electron chi connectivity index (χ3n) is 5.51. The lowest BCUT2D eigenvalue weighted by Gasteiger charge is -2.33. The van der Waals surface area contributed by atoms with Crippen molar-refractivity contribution in [3.05, 3.63) is 26.6 Å². The first-order valence-corrected chi connectivity index (χ1v) is 9.80. The van der Waals surface area contributed by atoms with Gasteiger partial charge in [-0.25, -0.2) is 4.98 Å².